The second-order valence-corrected chi connectivity index (χ2v) is 6.45. The highest BCUT2D eigenvalue weighted by atomic mass is 35.5. The summed E-state index contributed by atoms with van der Waals surface area (Å²) in [5, 5.41) is 1.69. The first kappa shape index (κ1) is 14.3. The summed E-state index contributed by atoms with van der Waals surface area (Å²) in [5.41, 5.74) is 2.84. The molecule has 4 rings (SSSR count). The zero-order chi connectivity index (χ0) is 15.8. The van der Waals surface area contributed by atoms with Crippen molar-refractivity contribution in [3.8, 4) is 0 Å². The number of aromatic amines is 1. The van der Waals surface area contributed by atoms with Crippen LogP contribution in [0.1, 0.15) is 28.8 Å². The topological polar surface area (TPSA) is 36.1 Å². The molecule has 1 aliphatic rings. The molecule has 0 saturated heterocycles. The third-order valence-corrected chi connectivity index (χ3v) is 4.65. The molecular formula is C19H17ClN2O. The second-order valence-electron chi connectivity index (χ2n) is 6.04. The number of carbonyl (C=O) groups excluding carboxylic acids is 1. The second kappa shape index (κ2) is 5.74. The minimum Gasteiger partial charge on any atom is -0.361 e. The largest absolute Gasteiger partial charge is 0.361 e. The average Bonchev–Trinajstić information content (AvgIpc) is 3.29. The maximum absolute atomic E-state index is 12.9. The number of nitrogens with zero attached hydrogens (tertiary/aromatic N) is 1. The molecule has 1 N–H and O–H groups in total. The smallest absolute Gasteiger partial charge is 0.255 e. The van der Waals surface area contributed by atoms with E-state index in [1.54, 1.807) is 12.1 Å². The van der Waals surface area contributed by atoms with Crippen LogP contribution in [0.25, 0.3) is 10.9 Å². The molecule has 1 amide bonds. The van der Waals surface area contributed by atoms with Crippen LogP contribution in [0.3, 0.4) is 0 Å². The first-order chi connectivity index (χ1) is 11.2. The fraction of sp³-hybridized carbons (Fsp3) is 0.211. The molecule has 0 bridgehead atoms. The molecule has 0 aliphatic heterocycles. The van der Waals surface area contributed by atoms with E-state index in [1.165, 1.54) is 5.39 Å². The molecule has 3 aromatic rings. The van der Waals surface area contributed by atoms with E-state index in [4.69, 9.17) is 11.6 Å². The number of hydrogen-bond acceptors (Lipinski definition) is 1. The average molecular weight is 325 g/mol. The first-order valence-electron chi connectivity index (χ1n) is 7.84. The molecule has 0 atom stereocenters. The Bertz CT molecular complexity index is 866. The van der Waals surface area contributed by atoms with Crippen LogP contribution in [-0.4, -0.2) is 21.8 Å². The minimum atomic E-state index is 0.0206. The van der Waals surface area contributed by atoms with E-state index in [2.05, 4.69) is 29.2 Å². The van der Waals surface area contributed by atoms with Gasteiger partial charge >= 0.3 is 0 Å². The highest BCUT2D eigenvalue weighted by molar-refractivity contribution is 6.33. The third-order valence-electron chi connectivity index (χ3n) is 4.32. The van der Waals surface area contributed by atoms with Crippen LogP contribution < -0.4 is 0 Å². The predicted molar refractivity (Wildman–Crippen MR) is 92.6 cm³/mol. The van der Waals surface area contributed by atoms with Crippen molar-refractivity contribution in [2.24, 2.45) is 0 Å². The zero-order valence-corrected chi connectivity index (χ0v) is 13.4. The quantitative estimate of drug-likeness (QED) is 0.746. The van der Waals surface area contributed by atoms with E-state index < -0.39 is 0 Å². The number of halogens is 1. The molecule has 0 radical (unpaired) electrons. The lowest BCUT2D eigenvalue weighted by molar-refractivity contribution is 0.0730. The standard InChI is InChI=1S/C19H17ClN2O/c20-17-4-2-1-3-16(17)19(23)22(15-6-7-15)12-13-5-8-18-14(11-13)9-10-21-18/h1-5,8-11,15,21H,6-7,12H2. The van der Waals surface area contributed by atoms with Crippen LogP contribution in [0.4, 0.5) is 0 Å². The molecule has 1 heterocycles. The number of H-pyrrole nitrogens is 1. The summed E-state index contributed by atoms with van der Waals surface area (Å²) in [4.78, 5) is 18.0. The van der Waals surface area contributed by atoms with E-state index in [0.29, 0.717) is 23.2 Å². The molecule has 4 heteroatoms. The normalized spacial score (nSPS) is 14.1. The maximum Gasteiger partial charge on any atom is 0.255 e. The Hall–Kier alpha value is -2.26. The van der Waals surface area contributed by atoms with Crippen molar-refractivity contribution in [3.63, 3.8) is 0 Å². The Labute approximate surface area is 139 Å². The van der Waals surface area contributed by atoms with E-state index in [1.807, 2.05) is 23.2 Å². The van der Waals surface area contributed by atoms with Gasteiger partial charge in [0.15, 0.2) is 0 Å². The van der Waals surface area contributed by atoms with Gasteiger partial charge in [0.25, 0.3) is 5.91 Å². The summed E-state index contributed by atoms with van der Waals surface area (Å²) in [6.45, 7) is 0.621. The van der Waals surface area contributed by atoms with Gasteiger partial charge in [0.1, 0.15) is 0 Å². The number of carbonyl (C=O) groups is 1. The van der Waals surface area contributed by atoms with Crippen molar-refractivity contribution in [3.05, 3.63) is 70.9 Å². The van der Waals surface area contributed by atoms with E-state index in [9.17, 15) is 4.79 Å². The Morgan fingerprint density at radius 1 is 1.17 bits per heavy atom. The van der Waals surface area contributed by atoms with Gasteiger partial charge in [-0.05, 0) is 54.1 Å². The lowest BCUT2D eigenvalue weighted by atomic mass is 10.1. The summed E-state index contributed by atoms with van der Waals surface area (Å²) in [5.74, 6) is 0.0206. The molecule has 3 nitrogen and oxygen atoms in total. The Morgan fingerprint density at radius 3 is 2.78 bits per heavy atom. The van der Waals surface area contributed by atoms with Crippen molar-refractivity contribution in [1.29, 1.82) is 0 Å². The molecule has 1 saturated carbocycles. The molecule has 1 aliphatic carbocycles. The van der Waals surface area contributed by atoms with Gasteiger partial charge in [-0.1, -0.05) is 29.8 Å². The predicted octanol–water partition coefficient (Wildman–Crippen LogP) is 4.63. The number of aromatic nitrogens is 1. The van der Waals surface area contributed by atoms with Crippen molar-refractivity contribution < 1.29 is 4.79 Å². The number of fused-ring (bicyclic) bond motifs is 1. The maximum atomic E-state index is 12.9. The van der Waals surface area contributed by atoms with Crippen molar-refractivity contribution >= 4 is 28.4 Å². The lowest BCUT2D eigenvalue weighted by Crippen LogP contribution is -2.32. The Kier molecular flexibility index (Phi) is 3.58. The molecule has 2 aromatic carbocycles. The number of amides is 1. The molecule has 0 unspecified atom stereocenters. The van der Waals surface area contributed by atoms with Gasteiger partial charge in [-0.15, -0.1) is 0 Å². The van der Waals surface area contributed by atoms with Crippen LogP contribution in [0, 0.1) is 0 Å². The van der Waals surface area contributed by atoms with Crippen LogP contribution in [0.2, 0.25) is 5.02 Å². The summed E-state index contributed by atoms with van der Waals surface area (Å²) in [6, 6.07) is 15.9. The van der Waals surface area contributed by atoms with E-state index in [-0.39, 0.29) is 5.91 Å². The summed E-state index contributed by atoms with van der Waals surface area (Å²) in [6.07, 6.45) is 4.08. The van der Waals surface area contributed by atoms with E-state index in [0.717, 1.165) is 23.9 Å². The van der Waals surface area contributed by atoms with Gasteiger partial charge in [-0.25, -0.2) is 0 Å². The Balaban J connectivity index is 1.63. The number of benzene rings is 2. The minimum absolute atomic E-state index is 0.0206. The molecule has 1 fully saturated rings. The third kappa shape index (κ3) is 2.84. The first-order valence-corrected chi connectivity index (χ1v) is 8.22. The van der Waals surface area contributed by atoms with Gasteiger partial charge in [0, 0.05) is 24.3 Å². The highest BCUT2D eigenvalue weighted by Gasteiger charge is 2.33. The van der Waals surface area contributed by atoms with Gasteiger partial charge in [-0.2, -0.15) is 0 Å². The summed E-state index contributed by atoms with van der Waals surface area (Å²) < 4.78 is 0. The number of nitrogens with one attached hydrogen (secondary N) is 1. The van der Waals surface area contributed by atoms with Crippen molar-refractivity contribution in [1.82, 2.24) is 9.88 Å². The van der Waals surface area contributed by atoms with Gasteiger partial charge in [0.05, 0.1) is 10.6 Å². The summed E-state index contributed by atoms with van der Waals surface area (Å²) >= 11 is 6.20. The van der Waals surface area contributed by atoms with Gasteiger partial charge < -0.3 is 9.88 Å². The van der Waals surface area contributed by atoms with Crippen LogP contribution in [0.15, 0.2) is 54.7 Å². The van der Waals surface area contributed by atoms with Crippen LogP contribution in [-0.2, 0) is 6.54 Å². The van der Waals surface area contributed by atoms with Crippen LogP contribution in [0.5, 0.6) is 0 Å². The molecule has 23 heavy (non-hydrogen) atoms. The highest BCUT2D eigenvalue weighted by Crippen LogP contribution is 2.31. The van der Waals surface area contributed by atoms with Crippen molar-refractivity contribution in [2.45, 2.75) is 25.4 Å². The fourth-order valence-corrected chi connectivity index (χ4v) is 3.16. The lowest BCUT2D eigenvalue weighted by Gasteiger charge is -2.23. The van der Waals surface area contributed by atoms with Crippen molar-refractivity contribution in [2.75, 3.05) is 0 Å². The summed E-state index contributed by atoms with van der Waals surface area (Å²) in [7, 11) is 0. The SMILES string of the molecule is O=C(c1ccccc1Cl)N(Cc1ccc2[nH]ccc2c1)C1CC1. The Morgan fingerprint density at radius 2 is 2.00 bits per heavy atom. The number of hydrogen-bond donors (Lipinski definition) is 1. The molecule has 1 aromatic heterocycles. The fourth-order valence-electron chi connectivity index (χ4n) is 2.94. The zero-order valence-electron chi connectivity index (χ0n) is 12.6. The molecule has 0 spiro atoms. The van der Waals surface area contributed by atoms with Gasteiger partial charge in [-0.3, -0.25) is 4.79 Å². The van der Waals surface area contributed by atoms with Gasteiger partial charge in [0.2, 0.25) is 0 Å². The van der Waals surface area contributed by atoms with Crippen LogP contribution >= 0.6 is 11.6 Å². The number of rotatable bonds is 4. The molecular weight excluding hydrogens is 308 g/mol. The van der Waals surface area contributed by atoms with E-state index >= 15 is 0 Å². The monoisotopic (exact) mass is 324 g/mol. The molecule has 116 valence electrons.